The lowest BCUT2D eigenvalue weighted by Crippen LogP contribution is -2.02. The van der Waals surface area contributed by atoms with Crippen molar-refractivity contribution in [1.82, 2.24) is 0 Å². The van der Waals surface area contributed by atoms with Crippen molar-refractivity contribution in [2.24, 2.45) is 0 Å². The molecular formula is C16H25BrO3. The predicted octanol–water partition coefficient (Wildman–Crippen LogP) is 4.28. The maximum Gasteiger partial charge on any atom is 0.122 e. The van der Waals surface area contributed by atoms with E-state index >= 15 is 0 Å². The number of halogens is 1. The van der Waals surface area contributed by atoms with Crippen LogP contribution in [0.25, 0.3) is 0 Å². The van der Waals surface area contributed by atoms with E-state index in [0.29, 0.717) is 12.4 Å². The van der Waals surface area contributed by atoms with Crippen molar-refractivity contribution in [1.29, 1.82) is 0 Å². The van der Waals surface area contributed by atoms with Crippen molar-refractivity contribution in [2.45, 2.75) is 40.0 Å². The van der Waals surface area contributed by atoms with Crippen LogP contribution < -0.4 is 4.74 Å². The summed E-state index contributed by atoms with van der Waals surface area (Å²) in [5.41, 5.74) is 2.79. The zero-order valence-electron chi connectivity index (χ0n) is 12.7. The molecule has 0 atom stereocenters. The van der Waals surface area contributed by atoms with Crippen molar-refractivity contribution < 1.29 is 14.6 Å². The molecule has 1 aromatic carbocycles. The minimum absolute atomic E-state index is 0.374. The standard InChI is InChI=1S/C16H25BrO3/c1-12-11-15(13(2)14(3)16(12)18)20-9-6-4-5-8-19-10-7-17/h11,18H,4-10H2,1-3H3. The lowest BCUT2D eigenvalue weighted by atomic mass is 10.0. The first-order chi connectivity index (χ1) is 9.57. The normalized spacial score (nSPS) is 10.8. The predicted molar refractivity (Wildman–Crippen MR) is 86.3 cm³/mol. The summed E-state index contributed by atoms with van der Waals surface area (Å²) in [4.78, 5) is 0. The molecule has 0 aliphatic heterocycles. The molecule has 0 aliphatic carbocycles. The van der Waals surface area contributed by atoms with Crippen LogP contribution in [0.15, 0.2) is 6.07 Å². The maximum absolute atomic E-state index is 9.85. The number of hydrogen-bond acceptors (Lipinski definition) is 3. The Bertz CT molecular complexity index is 419. The van der Waals surface area contributed by atoms with Crippen LogP contribution in [0.1, 0.15) is 36.0 Å². The Balaban J connectivity index is 2.29. The van der Waals surface area contributed by atoms with Crippen LogP contribution >= 0.6 is 15.9 Å². The number of phenols is 1. The third kappa shape index (κ3) is 5.33. The van der Waals surface area contributed by atoms with Crippen molar-refractivity contribution in [2.75, 3.05) is 25.2 Å². The molecule has 4 heteroatoms. The molecule has 1 aromatic rings. The third-order valence-corrected chi connectivity index (χ3v) is 3.74. The van der Waals surface area contributed by atoms with E-state index in [2.05, 4.69) is 15.9 Å². The molecule has 0 saturated heterocycles. The second-order valence-electron chi connectivity index (χ2n) is 5.00. The van der Waals surface area contributed by atoms with Crippen LogP contribution in [-0.2, 0) is 4.74 Å². The number of aromatic hydroxyl groups is 1. The molecule has 114 valence electrons. The fraction of sp³-hybridized carbons (Fsp3) is 0.625. The van der Waals surface area contributed by atoms with Crippen LogP contribution in [0.2, 0.25) is 0 Å². The zero-order chi connectivity index (χ0) is 15.0. The van der Waals surface area contributed by atoms with E-state index < -0.39 is 0 Å². The summed E-state index contributed by atoms with van der Waals surface area (Å²) >= 11 is 3.33. The Morgan fingerprint density at radius 1 is 1.00 bits per heavy atom. The van der Waals surface area contributed by atoms with Gasteiger partial charge in [0.1, 0.15) is 11.5 Å². The average molecular weight is 345 g/mol. The van der Waals surface area contributed by atoms with Crippen molar-refractivity contribution in [3.05, 3.63) is 22.8 Å². The molecule has 1 rings (SSSR count). The molecule has 0 unspecified atom stereocenters. The number of hydrogen-bond donors (Lipinski definition) is 1. The Morgan fingerprint density at radius 3 is 2.40 bits per heavy atom. The molecule has 1 N–H and O–H groups in total. The van der Waals surface area contributed by atoms with Gasteiger partial charge in [-0.05, 0) is 62.8 Å². The molecule has 0 aromatic heterocycles. The number of ether oxygens (including phenoxy) is 2. The highest BCUT2D eigenvalue weighted by atomic mass is 79.9. The zero-order valence-corrected chi connectivity index (χ0v) is 14.3. The number of rotatable bonds is 9. The summed E-state index contributed by atoms with van der Waals surface area (Å²) in [6.07, 6.45) is 3.20. The van der Waals surface area contributed by atoms with Crippen molar-refractivity contribution in [3.63, 3.8) is 0 Å². The summed E-state index contributed by atoms with van der Waals surface area (Å²) in [5, 5.41) is 10.7. The summed E-state index contributed by atoms with van der Waals surface area (Å²) in [5.74, 6) is 1.26. The van der Waals surface area contributed by atoms with Crippen LogP contribution in [0.3, 0.4) is 0 Å². The van der Waals surface area contributed by atoms with Crippen LogP contribution in [0.4, 0.5) is 0 Å². The Labute approximate surface area is 130 Å². The van der Waals surface area contributed by atoms with Crippen molar-refractivity contribution >= 4 is 15.9 Å². The van der Waals surface area contributed by atoms with Crippen LogP contribution in [0, 0.1) is 20.8 Å². The lowest BCUT2D eigenvalue weighted by molar-refractivity contribution is 0.144. The highest BCUT2D eigenvalue weighted by molar-refractivity contribution is 9.09. The smallest absolute Gasteiger partial charge is 0.122 e. The topological polar surface area (TPSA) is 38.7 Å². The molecule has 0 amide bonds. The van der Waals surface area contributed by atoms with E-state index in [1.807, 2.05) is 26.8 Å². The minimum Gasteiger partial charge on any atom is -0.507 e. The number of aryl methyl sites for hydroxylation is 1. The van der Waals surface area contributed by atoms with Gasteiger partial charge in [0, 0.05) is 11.9 Å². The number of unbranched alkanes of at least 4 members (excludes halogenated alkanes) is 2. The van der Waals surface area contributed by atoms with Gasteiger partial charge in [-0.25, -0.2) is 0 Å². The third-order valence-electron chi connectivity index (χ3n) is 3.42. The van der Waals surface area contributed by atoms with E-state index in [4.69, 9.17) is 9.47 Å². The first-order valence-electron chi connectivity index (χ1n) is 7.14. The summed E-state index contributed by atoms with van der Waals surface area (Å²) in [7, 11) is 0. The number of alkyl halides is 1. The first kappa shape index (κ1) is 17.3. The van der Waals surface area contributed by atoms with Crippen molar-refractivity contribution in [3.8, 4) is 11.5 Å². The Kier molecular flexibility index (Phi) is 8.00. The molecule has 20 heavy (non-hydrogen) atoms. The van der Waals surface area contributed by atoms with E-state index in [-0.39, 0.29) is 0 Å². The van der Waals surface area contributed by atoms with E-state index in [9.17, 15) is 5.11 Å². The molecule has 0 fully saturated rings. The molecule has 0 aliphatic rings. The number of benzene rings is 1. The minimum atomic E-state index is 0.374. The molecular weight excluding hydrogens is 320 g/mol. The van der Waals surface area contributed by atoms with E-state index in [1.165, 1.54) is 0 Å². The summed E-state index contributed by atoms with van der Waals surface area (Å²) in [6, 6.07) is 1.91. The highest BCUT2D eigenvalue weighted by Crippen LogP contribution is 2.32. The first-order valence-corrected chi connectivity index (χ1v) is 8.26. The maximum atomic E-state index is 9.85. The summed E-state index contributed by atoms with van der Waals surface area (Å²) in [6.45, 7) is 8.12. The number of phenolic OH excluding ortho intramolecular Hbond substituents is 1. The summed E-state index contributed by atoms with van der Waals surface area (Å²) < 4.78 is 11.2. The van der Waals surface area contributed by atoms with Crippen LogP contribution in [0.5, 0.6) is 11.5 Å². The van der Waals surface area contributed by atoms with Gasteiger partial charge >= 0.3 is 0 Å². The molecule has 3 nitrogen and oxygen atoms in total. The molecule has 0 radical (unpaired) electrons. The molecule has 0 bridgehead atoms. The van der Waals surface area contributed by atoms with Gasteiger partial charge in [-0.2, -0.15) is 0 Å². The quantitative estimate of drug-likeness (QED) is 0.536. The fourth-order valence-corrected chi connectivity index (χ4v) is 2.23. The van der Waals surface area contributed by atoms with Gasteiger partial charge in [-0.1, -0.05) is 15.9 Å². The van der Waals surface area contributed by atoms with Gasteiger partial charge in [-0.15, -0.1) is 0 Å². The van der Waals surface area contributed by atoms with Gasteiger partial charge in [-0.3, -0.25) is 0 Å². The van der Waals surface area contributed by atoms with Gasteiger partial charge in [0.15, 0.2) is 0 Å². The second kappa shape index (κ2) is 9.24. The fourth-order valence-electron chi connectivity index (χ4n) is 2.00. The molecule has 0 spiro atoms. The van der Waals surface area contributed by atoms with Gasteiger partial charge < -0.3 is 14.6 Å². The molecule has 0 saturated carbocycles. The average Bonchev–Trinajstić information content (AvgIpc) is 2.44. The largest absolute Gasteiger partial charge is 0.507 e. The van der Waals surface area contributed by atoms with Gasteiger partial charge in [0.05, 0.1) is 13.2 Å². The Morgan fingerprint density at radius 2 is 1.70 bits per heavy atom. The Hall–Kier alpha value is -0.740. The lowest BCUT2D eigenvalue weighted by Gasteiger charge is -2.14. The highest BCUT2D eigenvalue weighted by Gasteiger charge is 2.09. The molecule has 0 heterocycles. The monoisotopic (exact) mass is 344 g/mol. The van der Waals surface area contributed by atoms with Crippen LogP contribution in [-0.4, -0.2) is 30.3 Å². The second-order valence-corrected chi connectivity index (χ2v) is 5.79. The van der Waals surface area contributed by atoms with Gasteiger partial charge in [0.25, 0.3) is 0 Å². The van der Waals surface area contributed by atoms with E-state index in [0.717, 1.165) is 60.2 Å². The SMILES string of the molecule is Cc1cc(OCCCCCOCCBr)c(C)c(C)c1O. The van der Waals surface area contributed by atoms with Gasteiger partial charge in [0.2, 0.25) is 0 Å². The van der Waals surface area contributed by atoms with E-state index in [1.54, 1.807) is 0 Å².